The van der Waals surface area contributed by atoms with Gasteiger partial charge in [-0.15, -0.1) is 0 Å². The van der Waals surface area contributed by atoms with Crippen LogP contribution in [0.4, 0.5) is 5.69 Å². The van der Waals surface area contributed by atoms with Crippen molar-refractivity contribution in [3.8, 4) is 0 Å². The van der Waals surface area contributed by atoms with Gasteiger partial charge in [-0.25, -0.2) is 12.7 Å². The number of carbonyl (C=O) groups is 1. The van der Waals surface area contributed by atoms with E-state index < -0.39 is 10.0 Å². The molecule has 7 heteroatoms. The summed E-state index contributed by atoms with van der Waals surface area (Å²) in [5.41, 5.74) is 1.65. The molecule has 0 saturated carbocycles. The quantitative estimate of drug-likeness (QED) is 0.793. The van der Waals surface area contributed by atoms with Crippen LogP contribution in [0.3, 0.4) is 0 Å². The molecule has 0 aromatic heterocycles. The van der Waals surface area contributed by atoms with Crippen LogP contribution in [0.15, 0.2) is 24.3 Å². The van der Waals surface area contributed by atoms with Gasteiger partial charge in [-0.3, -0.25) is 4.79 Å². The number of hydrogen-bond donors (Lipinski definition) is 1. The third kappa shape index (κ3) is 4.94. The van der Waals surface area contributed by atoms with E-state index in [4.69, 9.17) is 0 Å². The van der Waals surface area contributed by atoms with Gasteiger partial charge in [0, 0.05) is 45.0 Å². The van der Waals surface area contributed by atoms with Crippen LogP contribution >= 0.6 is 0 Å². The third-order valence-corrected chi connectivity index (χ3v) is 5.93. The summed E-state index contributed by atoms with van der Waals surface area (Å²) in [5, 5.41) is 2.84. The lowest BCUT2D eigenvalue weighted by atomic mass is 10.2. The highest BCUT2D eigenvalue weighted by atomic mass is 32.2. The molecule has 0 atom stereocenters. The summed E-state index contributed by atoms with van der Waals surface area (Å²) in [4.78, 5) is 14.0. The standard InChI is InChI=1S/C16H25N3O3S/c1-18(2)15-8-6-14(7-9-15)16(20)17-10-5-12-19-11-3-4-13-23(19,21)22/h6-9H,3-5,10-13H2,1-2H3,(H,17,20). The first-order valence-corrected chi connectivity index (χ1v) is 9.54. The zero-order valence-electron chi connectivity index (χ0n) is 13.8. The number of rotatable bonds is 6. The maximum atomic E-state index is 12.0. The second-order valence-corrected chi connectivity index (χ2v) is 8.06. The molecule has 0 bridgehead atoms. The van der Waals surface area contributed by atoms with Gasteiger partial charge in [0.2, 0.25) is 10.0 Å². The second kappa shape index (κ2) is 7.79. The molecule has 1 aliphatic heterocycles. The fraction of sp³-hybridized carbons (Fsp3) is 0.562. The number of anilines is 1. The largest absolute Gasteiger partial charge is 0.378 e. The van der Waals surface area contributed by atoms with Crippen molar-refractivity contribution in [3.63, 3.8) is 0 Å². The minimum absolute atomic E-state index is 0.128. The Morgan fingerprint density at radius 3 is 2.52 bits per heavy atom. The Morgan fingerprint density at radius 2 is 1.91 bits per heavy atom. The smallest absolute Gasteiger partial charge is 0.251 e. The Hall–Kier alpha value is -1.60. The second-order valence-electron chi connectivity index (χ2n) is 5.97. The summed E-state index contributed by atoms with van der Waals surface area (Å²) in [6.07, 6.45) is 2.29. The zero-order chi connectivity index (χ0) is 16.9. The molecule has 1 saturated heterocycles. The molecular formula is C16H25N3O3S. The molecular weight excluding hydrogens is 314 g/mol. The van der Waals surface area contributed by atoms with Crippen molar-refractivity contribution in [2.45, 2.75) is 19.3 Å². The molecule has 2 rings (SSSR count). The van der Waals surface area contributed by atoms with Crippen LogP contribution < -0.4 is 10.2 Å². The maximum Gasteiger partial charge on any atom is 0.251 e. The van der Waals surface area contributed by atoms with Gasteiger partial charge in [0.1, 0.15) is 0 Å². The van der Waals surface area contributed by atoms with Crippen molar-refractivity contribution in [2.75, 3.05) is 44.4 Å². The van der Waals surface area contributed by atoms with Gasteiger partial charge >= 0.3 is 0 Å². The van der Waals surface area contributed by atoms with Gasteiger partial charge in [0.25, 0.3) is 5.91 Å². The Morgan fingerprint density at radius 1 is 1.22 bits per heavy atom. The predicted octanol–water partition coefficient (Wildman–Crippen LogP) is 1.30. The van der Waals surface area contributed by atoms with Crippen LogP contribution in [-0.2, 0) is 10.0 Å². The highest BCUT2D eigenvalue weighted by Crippen LogP contribution is 2.14. The molecule has 0 spiro atoms. The van der Waals surface area contributed by atoms with Crippen molar-refractivity contribution < 1.29 is 13.2 Å². The molecule has 128 valence electrons. The van der Waals surface area contributed by atoms with Crippen molar-refractivity contribution >= 4 is 21.6 Å². The summed E-state index contributed by atoms with van der Waals surface area (Å²) < 4.78 is 25.2. The van der Waals surface area contributed by atoms with Gasteiger partial charge in [-0.1, -0.05) is 0 Å². The van der Waals surface area contributed by atoms with E-state index in [1.807, 2.05) is 31.1 Å². The summed E-state index contributed by atoms with van der Waals surface area (Å²) in [6, 6.07) is 7.38. The third-order valence-electron chi connectivity index (χ3n) is 3.97. The topological polar surface area (TPSA) is 69.7 Å². The minimum Gasteiger partial charge on any atom is -0.378 e. The number of amides is 1. The van der Waals surface area contributed by atoms with Gasteiger partial charge in [0.05, 0.1) is 5.75 Å². The van der Waals surface area contributed by atoms with Crippen molar-refractivity contribution in [1.82, 2.24) is 9.62 Å². The molecule has 1 heterocycles. The van der Waals surface area contributed by atoms with E-state index >= 15 is 0 Å². The Bertz CT molecular complexity index is 626. The van der Waals surface area contributed by atoms with Crippen LogP contribution in [0.5, 0.6) is 0 Å². The van der Waals surface area contributed by atoms with Crippen molar-refractivity contribution in [2.24, 2.45) is 0 Å². The summed E-state index contributed by atoms with van der Waals surface area (Å²) >= 11 is 0. The average Bonchev–Trinajstić information content (AvgIpc) is 2.52. The molecule has 0 unspecified atom stereocenters. The predicted molar refractivity (Wildman–Crippen MR) is 92.3 cm³/mol. The van der Waals surface area contributed by atoms with E-state index in [0.717, 1.165) is 18.5 Å². The monoisotopic (exact) mass is 339 g/mol. The molecule has 0 radical (unpaired) electrons. The Kier molecular flexibility index (Phi) is 6.01. The molecule has 0 aliphatic carbocycles. The van der Waals surface area contributed by atoms with Crippen LogP contribution in [0, 0.1) is 0 Å². The number of nitrogens with zero attached hydrogens (tertiary/aromatic N) is 2. The lowest BCUT2D eigenvalue weighted by molar-refractivity contribution is 0.0952. The Labute approximate surface area is 138 Å². The van der Waals surface area contributed by atoms with E-state index in [2.05, 4.69) is 5.32 Å². The molecule has 23 heavy (non-hydrogen) atoms. The highest BCUT2D eigenvalue weighted by Gasteiger charge is 2.24. The minimum atomic E-state index is -3.07. The first-order chi connectivity index (χ1) is 10.9. The van der Waals surface area contributed by atoms with Crippen molar-refractivity contribution in [3.05, 3.63) is 29.8 Å². The van der Waals surface area contributed by atoms with E-state index in [1.54, 1.807) is 12.1 Å². The summed E-state index contributed by atoms with van der Waals surface area (Å²) in [5.74, 6) is 0.120. The first kappa shape index (κ1) is 17.7. The maximum absolute atomic E-state index is 12.0. The van der Waals surface area contributed by atoms with Crippen LogP contribution in [0.25, 0.3) is 0 Å². The normalized spacial score (nSPS) is 17.7. The fourth-order valence-electron chi connectivity index (χ4n) is 2.56. The van der Waals surface area contributed by atoms with Crippen LogP contribution in [-0.4, -0.2) is 58.1 Å². The molecule has 1 N–H and O–H groups in total. The molecule has 1 aromatic carbocycles. The summed E-state index contributed by atoms with van der Waals surface area (Å²) in [7, 11) is 0.823. The van der Waals surface area contributed by atoms with Gasteiger partial charge in [-0.2, -0.15) is 0 Å². The number of hydrogen-bond acceptors (Lipinski definition) is 4. The van der Waals surface area contributed by atoms with E-state index in [1.165, 1.54) is 4.31 Å². The van der Waals surface area contributed by atoms with Crippen LogP contribution in [0.2, 0.25) is 0 Å². The molecule has 1 fully saturated rings. The number of sulfonamides is 1. The fourth-order valence-corrected chi connectivity index (χ4v) is 4.20. The molecule has 6 nitrogen and oxygen atoms in total. The van der Waals surface area contributed by atoms with Gasteiger partial charge < -0.3 is 10.2 Å². The Balaban J connectivity index is 1.76. The number of benzene rings is 1. The summed E-state index contributed by atoms with van der Waals surface area (Å²) in [6.45, 7) is 1.55. The lowest BCUT2D eigenvalue weighted by Gasteiger charge is -2.26. The van der Waals surface area contributed by atoms with Gasteiger partial charge in [-0.05, 0) is 43.5 Å². The number of carbonyl (C=O) groups excluding carboxylic acids is 1. The molecule has 1 amide bonds. The molecule has 1 aromatic rings. The first-order valence-electron chi connectivity index (χ1n) is 7.93. The lowest BCUT2D eigenvalue weighted by Crippen LogP contribution is -2.39. The SMILES string of the molecule is CN(C)c1ccc(C(=O)NCCCN2CCCCS2(=O)=O)cc1. The molecule has 1 aliphatic rings. The van der Waals surface area contributed by atoms with E-state index in [-0.39, 0.29) is 11.7 Å². The van der Waals surface area contributed by atoms with E-state index in [9.17, 15) is 13.2 Å². The average molecular weight is 339 g/mol. The highest BCUT2D eigenvalue weighted by molar-refractivity contribution is 7.89. The zero-order valence-corrected chi connectivity index (χ0v) is 14.6. The van der Waals surface area contributed by atoms with E-state index in [0.29, 0.717) is 31.6 Å². The van der Waals surface area contributed by atoms with Crippen molar-refractivity contribution in [1.29, 1.82) is 0 Å². The number of nitrogens with one attached hydrogen (secondary N) is 1. The van der Waals surface area contributed by atoms with Crippen LogP contribution in [0.1, 0.15) is 29.6 Å². The van der Waals surface area contributed by atoms with Gasteiger partial charge in [0.15, 0.2) is 0 Å².